The van der Waals surface area contributed by atoms with Crippen molar-refractivity contribution in [1.29, 1.82) is 0 Å². The Morgan fingerprint density at radius 2 is 1.89 bits per heavy atom. The second kappa shape index (κ2) is 4.46. The van der Waals surface area contributed by atoms with Crippen molar-refractivity contribution < 1.29 is 19.1 Å². The monoisotopic (exact) mass is 260 g/mol. The highest BCUT2D eigenvalue weighted by Gasteiger charge is 2.47. The highest BCUT2D eigenvalue weighted by atomic mass is 16.5. The summed E-state index contributed by atoms with van der Waals surface area (Å²) < 4.78 is 10.5. The van der Waals surface area contributed by atoms with Crippen LogP contribution < -0.4 is 0 Å². The number of esters is 1. The summed E-state index contributed by atoms with van der Waals surface area (Å²) in [7, 11) is 1.30. The van der Waals surface area contributed by atoms with E-state index < -0.39 is 17.5 Å². The van der Waals surface area contributed by atoms with Crippen LogP contribution in [0.5, 0.6) is 0 Å². The zero-order chi connectivity index (χ0) is 13.5. The van der Waals surface area contributed by atoms with Crippen LogP contribution in [0.2, 0.25) is 0 Å². The molecule has 0 N–H and O–H groups in total. The summed E-state index contributed by atoms with van der Waals surface area (Å²) in [6.45, 7) is 0.138. The average molecular weight is 260 g/mol. The van der Waals surface area contributed by atoms with Crippen molar-refractivity contribution in [2.24, 2.45) is 5.92 Å². The largest absolute Gasteiger partial charge is 0.468 e. The summed E-state index contributed by atoms with van der Waals surface area (Å²) >= 11 is 0. The van der Waals surface area contributed by atoms with Crippen molar-refractivity contribution in [1.82, 2.24) is 0 Å². The molecule has 100 valence electrons. The number of hydrogen-bond acceptors (Lipinski definition) is 4. The quantitative estimate of drug-likeness (QED) is 0.564. The van der Waals surface area contributed by atoms with E-state index in [0.717, 1.165) is 12.8 Å². The number of ether oxygens (including phenoxy) is 2. The summed E-state index contributed by atoms with van der Waals surface area (Å²) in [4.78, 5) is 23.6. The second-order valence-electron chi connectivity index (χ2n) is 5.34. The Bertz CT molecular complexity index is 510. The molecule has 1 aromatic rings. The maximum atomic E-state index is 12.1. The van der Waals surface area contributed by atoms with Gasteiger partial charge in [-0.25, -0.2) is 0 Å². The predicted molar refractivity (Wildman–Crippen MR) is 67.7 cm³/mol. The minimum atomic E-state index is -0.751. The smallest absolute Gasteiger partial charge is 0.318 e. The molecule has 1 fully saturated rings. The van der Waals surface area contributed by atoms with Gasteiger partial charge in [0.1, 0.15) is 5.92 Å². The fourth-order valence-electron chi connectivity index (χ4n) is 3.07. The normalized spacial score (nSPS) is 24.3. The molecule has 19 heavy (non-hydrogen) atoms. The van der Waals surface area contributed by atoms with Crippen LogP contribution >= 0.6 is 0 Å². The van der Waals surface area contributed by atoms with Gasteiger partial charge in [-0.15, -0.1) is 0 Å². The molecule has 0 saturated carbocycles. The van der Waals surface area contributed by atoms with Crippen LogP contribution in [-0.4, -0.2) is 31.1 Å². The molecule has 0 bridgehead atoms. The Kier molecular flexibility index (Phi) is 2.90. The van der Waals surface area contributed by atoms with E-state index in [9.17, 15) is 9.59 Å². The highest BCUT2D eigenvalue weighted by Crippen LogP contribution is 2.39. The van der Waals surface area contributed by atoms with Crippen molar-refractivity contribution in [3.8, 4) is 0 Å². The first-order chi connectivity index (χ1) is 9.13. The lowest BCUT2D eigenvalue weighted by Gasteiger charge is -2.35. The number of methoxy groups -OCH3 is 1. The lowest BCUT2D eigenvalue weighted by atomic mass is 9.85. The van der Waals surface area contributed by atoms with Gasteiger partial charge in [0.15, 0.2) is 5.78 Å². The minimum absolute atomic E-state index is 0.0640. The SMILES string of the molecule is COC(=O)C1COC2(CC1=O)Cc1ccccc1C2. The number of rotatable bonds is 1. The summed E-state index contributed by atoms with van der Waals surface area (Å²) in [6, 6.07) is 8.15. The third-order valence-electron chi connectivity index (χ3n) is 4.07. The van der Waals surface area contributed by atoms with Crippen molar-refractivity contribution >= 4 is 11.8 Å². The predicted octanol–water partition coefficient (Wildman–Crippen LogP) is 1.30. The Hall–Kier alpha value is -1.68. The van der Waals surface area contributed by atoms with Crippen LogP contribution in [0.15, 0.2) is 24.3 Å². The van der Waals surface area contributed by atoms with E-state index in [0.29, 0.717) is 6.42 Å². The summed E-state index contributed by atoms with van der Waals surface area (Å²) in [6.07, 6.45) is 1.80. The fraction of sp³-hybridized carbons (Fsp3) is 0.467. The van der Waals surface area contributed by atoms with Gasteiger partial charge in [0.05, 0.1) is 19.3 Å². The molecule has 1 aliphatic heterocycles. The molecular formula is C15H16O4. The number of ketones is 1. The zero-order valence-corrected chi connectivity index (χ0v) is 10.8. The van der Waals surface area contributed by atoms with E-state index in [1.807, 2.05) is 12.1 Å². The van der Waals surface area contributed by atoms with Crippen LogP contribution in [0.25, 0.3) is 0 Å². The van der Waals surface area contributed by atoms with Gasteiger partial charge in [-0.2, -0.15) is 0 Å². The van der Waals surface area contributed by atoms with Gasteiger partial charge in [-0.05, 0) is 11.1 Å². The first kappa shape index (κ1) is 12.4. The van der Waals surface area contributed by atoms with Crippen molar-refractivity contribution in [3.63, 3.8) is 0 Å². The number of benzene rings is 1. The number of Topliss-reactive ketones (excluding diaryl/α,β-unsaturated/α-hetero) is 1. The molecule has 0 aromatic heterocycles. The third kappa shape index (κ3) is 2.06. The summed E-state index contributed by atoms with van der Waals surface area (Å²) in [5.41, 5.74) is 2.05. The molecule has 3 rings (SSSR count). The van der Waals surface area contributed by atoms with E-state index in [1.54, 1.807) is 0 Å². The number of carbonyl (C=O) groups is 2. The van der Waals surface area contributed by atoms with Crippen LogP contribution in [-0.2, 0) is 31.9 Å². The van der Waals surface area contributed by atoms with Gasteiger partial charge in [-0.3, -0.25) is 9.59 Å². The molecule has 1 atom stereocenters. The van der Waals surface area contributed by atoms with Crippen molar-refractivity contribution in [3.05, 3.63) is 35.4 Å². The van der Waals surface area contributed by atoms with Gasteiger partial charge >= 0.3 is 5.97 Å². The van der Waals surface area contributed by atoms with E-state index in [4.69, 9.17) is 4.74 Å². The van der Waals surface area contributed by atoms with E-state index in [-0.39, 0.29) is 12.4 Å². The van der Waals surface area contributed by atoms with Gasteiger partial charge in [0, 0.05) is 19.3 Å². The van der Waals surface area contributed by atoms with E-state index in [1.165, 1.54) is 18.2 Å². The van der Waals surface area contributed by atoms with Gasteiger partial charge in [0.2, 0.25) is 0 Å². The Morgan fingerprint density at radius 3 is 2.42 bits per heavy atom. The molecule has 1 aliphatic carbocycles. The minimum Gasteiger partial charge on any atom is -0.468 e. The molecule has 1 spiro atoms. The number of fused-ring (bicyclic) bond motifs is 1. The molecule has 4 heteroatoms. The standard InChI is InChI=1S/C15H16O4/c1-18-14(17)12-9-19-15(8-13(12)16)6-10-4-2-3-5-11(10)7-15/h2-5,12H,6-9H2,1H3. The van der Waals surface area contributed by atoms with Gasteiger partial charge in [-0.1, -0.05) is 24.3 Å². The molecular weight excluding hydrogens is 244 g/mol. The fourth-order valence-corrected chi connectivity index (χ4v) is 3.07. The van der Waals surface area contributed by atoms with Crippen LogP contribution in [0.3, 0.4) is 0 Å². The molecule has 1 heterocycles. The molecule has 1 saturated heterocycles. The summed E-state index contributed by atoms with van der Waals surface area (Å²) in [5, 5.41) is 0. The number of hydrogen-bond donors (Lipinski definition) is 0. The van der Waals surface area contributed by atoms with Crippen LogP contribution in [0, 0.1) is 5.92 Å². The topological polar surface area (TPSA) is 52.6 Å². The van der Waals surface area contributed by atoms with Crippen LogP contribution in [0.4, 0.5) is 0 Å². The molecule has 2 aliphatic rings. The zero-order valence-electron chi connectivity index (χ0n) is 10.8. The molecule has 0 radical (unpaired) electrons. The maximum absolute atomic E-state index is 12.1. The Labute approximate surface area is 111 Å². The number of carbonyl (C=O) groups excluding carboxylic acids is 2. The highest BCUT2D eigenvalue weighted by molar-refractivity contribution is 6.00. The van der Waals surface area contributed by atoms with E-state index >= 15 is 0 Å². The van der Waals surface area contributed by atoms with Gasteiger partial charge in [0.25, 0.3) is 0 Å². The average Bonchev–Trinajstić information content (AvgIpc) is 2.75. The lowest BCUT2D eigenvalue weighted by Crippen LogP contribution is -2.47. The Morgan fingerprint density at radius 1 is 1.26 bits per heavy atom. The summed E-state index contributed by atoms with van der Waals surface area (Å²) in [5.74, 6) is -1.30. The van der Waals surface area contributed by atoms with Crippen LogP contribution in [0.1, 0.15) is 17.5 Å². The van der Waals surface area contributed by atoms with Gasteiger partial charge < -0.3 is 9.47 Å². The third-order valence-corrected chi connectivity index (χ3v) is 4.07. The van der Waals surface area contributed by atoms with Crippen molar-refractivity contribution in [2.45, 2.75) is 24.9 Å². The Balaban J connectivity index is 1.77. The maximum Gasteiger partial charge on any atom is 0.318 e. The molecule has 0 amide bonds. The van der Waals surface area contributed by atoms with Crippen molar-refractivity contribution in [2.75, 3.05) is 13.7 Å². The molecule has 1 aromatic carbocycles. The first-order valence-electron chi connectivity index (χ1n) is 6.45. The molecule has 4 nitrogen and oxygen atoms in total. The lowest BCUT2D eigenvalue weighted by molar-refractivity contribution is -0.165. The van der Waals surface area contributed by atoms with E-state index in [2.05, 4.69) is 16.9 Å². The molecule has 1 unspecified atom stereocenters. The first-order valence-corrected chi connectivity index (χ1v) is 6.45. The second-order valence-corrected chi connectivity index (χ2v) is 5.34.